The van der Waals surface area contributed by atoms with Crippen molar-refractivity contribution in [1.82, 2.24) is 0 Å². The van der Waals surface area contributed by atoms with Gasteiger partial charge in [-0.25, -0.2) is 4.21 Å². The first kappa shape index (κ1) is 10.4. The predicted octanol–water partition coefficient (Wildman–Crippen LogP) is 1.87. The summed E-state index contributed by atoms with van der Waals surface area (Å²) < 4.78 is 11.5. The first-order valence-electron chi connectivity index (χ1n) is 3.66. The van der Waals surface area contributed by atoms with Crippen LogP contribution in [0.15, 0.2) is 45.7 Å². The van der Waals surface area contributed by atoms with E-state index in [4.69, 9.17) is 16.7 Å². The lowest BCUT2D eigenvalue weighted by Gasteiger charge is -1.96. The van der Waals surface area contributed by atoms with Crippen molar-refractivity contribution >= 4 is 22.4 Å². The largest absolute Gasteiger partial charge is 0.391 e. The zero-order chi connectivity index (χ0) is 9.68. The molecule has 1 aromatic rings. The summed E-state index contributed by atoms with van der Waals surface area (Å²) in [4.78, 5) is 0.675. The lowest BCUT2D eigenvalue weighted by atomic mass is 10.4. The molecule has 0 saturated heterocycles. The minimum Gasteiger partial charge on any atom is -0.391 e. The Bertz CT molecular complexity index is 322. The van der Waals surface area contributed by atoms with E-state index in [2.05, 4.69) is 0 Å². The summed E-state index contributed by atoms with van der Waals surface area (Å²) in [6.45, 7) is -0.278. The minimum absolute atomic E-state index is 0.196. The van der Waals surface area contributed by atoms with Gasteiger partial charge >= 0.3 is 0 Å². The Hall–Kier alpha value is -0.640. The minimum atomic E-state index is -1.27. The molecule has 0 spiro atoms. The van der Waals surface area contributed by atoms with Crippen LogP contribution in [0.3, 0.4) is 0 Å². The summed E-state index contributed by atoms with van der Waals surface area (Å²) in [6, 6.07) is 8.93. The van der Waals surface area contributed by atoms with Gasteiger partial charge in [0.1, 0.15) is 0 Å². The molecule has 2 nitrogen and oxygen atoms in total. The van der Waals surface area contributed by atoms with Gasteiger partial charge in [0, 0.05) is 10.3 Å². The van der Waals surface area contributed by atoms with Crippen LogP contribution in [0.25, 0.3) is 0 Å². The van der Waals surface area contributed by atoms with Crippen LogP contribution >= 0.6 is 11.6 Å². The number of halogens is 1. The highest BCUT2D eigenvalue weighted by atomic mass is 35.5. The van der Waals surface area contributed by atoms with Gasteiger partial charge in [0.15, 0.2) is 0 Å². The van der Waals surface area contributed by atoms with E-state index in [0.29, 0.717) is 4.90 Å². The predicted molar refractivity (Wildman–Crippen MR) is 53.9 cm³/mol. The maximum atomic E-state index is 11.5. The Balaban J connectivity index is 2.81. The van der Waals surface area contributed by atoms with Crippen molar-refractivity contribution in [1.29, 1.82) is 0 Å². The zero-order valence-corrected chi connectivity index (χ0v) is 8.39. The molecule has 1 N–H and O–H groups in total. The average Bonchev–Trinajstić information content (AvgIpc) is 2.19. The van der Waals surface area contributed by atoms with Crippen LogP contribution in [-0.4, -0.2) is 15.9 Å². The van der Waals surface area contributed by atoms with Gasteiger partial charge < -0.3 is 5.11 Å². The second kappa shape index (κ2) is 5.17. The van der Waals surface area contributed by atoms with Crippen LogP contribution < -0.4 is 0 Å². The highest BCUT2D eigenvalue weighted by molar-refractivity contribution is 7.88. The molecule has 1 atom stereocenters. The van der Waals surface area contributed by atoms with Gasteiger partial charge in [0.25, 0.3) is 0 Å². The van der Waals surface area contributed by atoms with E-state index in [1.54, 1.807) is 24.3 Å². The van der Waals surface area contributed by atoms with E-state index in [9.17, 15) is 4.21 Å². The molecule has 0 aromatic heterocycles. The number of benzene rings is 1. The molecule has 1 unspecified atom stereocenters. The number of aliphatic hydroxyl groups is 1. The summed E-state index contributed by atoms with van der Waals surface area (Å²) in [7, 11) is -1.27. The molecule has 0 heterocycles. The highest BCUT2D eigenvalue weighted by Gasteiger charge is 1.99. The molecule has 0 aliphatic heterocycles. The molecule has 0 bridgehead atoms. The zero-order valence-electron chi connectivity index (χ0n) is 6.81. The monoisotopic (exact) mass is 216 g/mol. The van der Waals surface area contributed by atoms with E-state index in [0.717, 1.165) is 0 Å². The molecule has 0 aliphatic carbocycles. The van der Waals surface area contributed by atoms with E-state index in [1.807, 2.05) is 6.07 Å². The summed E-state index contributed by atoms with van der Waals surface area (Å²) in [5.74, 6) is 0. The highest BCUT2D eigenvalue weighted by Crippen LogP contribution is 2.10. The first-order valence-corrected chi connectivity index (χ1v) is 5.26. The van der Waals surface area contributed by atoms with Gasteiger partial charge in [-0.2, -0.15) is 0 Å². The second-order valence-electron chi connectivity index (χ2n) is 2.33. The van der Waals surface area contributed by atoms with Crippen LogP contribution in [0.1, 0.15) is 0 Å². The van der Waals surface area contributed by atoms with Crippen molar-refractivity contribution < 1.29 is 9.32 Å². The van der Waals surface area contributed by atoms with E-state index in [1.165, 1.54) is 5.41 Å². The molecule has 0 aliphatic rings. The fraction of sp³-hybridized carbons (Fsp3) is 0.111. The van der Waals surface area contributed by atoms with Crippen LogP contribution in [0.5, 0.6) is 0 Å². The lowest BCUT2D eigenvalue weighted by Crippen LogP contribution is -1.89. The van der Waals surface area contributed by atoms with E-state index in [-0.39, 0.29) is 11.6 Å². The Morgan fingerprint density at radius 2 is 2.08 bits per heavy atom. The number of hydrogen-bond donors (Lipinski definition) is 1. The average molecular weight is 217 g/mol. The van der Waals surface area contributed by atoms with Crippen LogP contribution in [0.2, 0.25) is 0 Å². The Morgan fingerprint density at radius 3 is 2.62 bits per heavy atom. The van der Waals surface area contributed by atoms with Crippen LogP contribution in [0.4, 0.5) is 0 Å². The van der Waals surface area contributed by atoms with Crippen LogP contribution in [0, 0.1) is 0 Å². The third kappa shape index (κ3) is 3.30. The number of rotatable bonds is 3. The van der Waals surface area contributed by atoms with Gasteiger partial charge in [0.05, 0.1) is 22.4 Å². The molecular weight excluding hydrogens is 208 g/mol. The quantitative estimate of drug-likeness (QED) is 0.838. The van der Waals surface area contributed by atoms with Crippen LogP contribution in [-0.2, 0) is 10.8 Å². The Labute approximate surface area is 84.3 Å². The van der Waals surface area contributed by atoms with Crippen molar-refractivity contribution in [2.75, 3.05) is 6.61 Å². The molecule has 1 aromatic carbocycles. The van der Waals surface area contributed by atoms with Gasteiger partial charge in [0.2, 0.25) is 0 Å². The Kier molecular flexibility index (Phi) is 4.15. The van der Waals surface area contributed by atoms with Crippen molar-refractivity contribution in [3.05, 3.63) is 40.8 Å². The topological polar surface area (TPSA) is 37.3 Å². The van der Waals surface area contributed by atoms with E-state index >= 15 is 0 Å². The molecular formula is C9H9ClO2S. The molecule has 70 valence electrons. The normalized spacial score (nSPS) is 14.2. The number of aliphatic hydroxyl groups excluding tert-OH is 1. The molecule has 0 saturated carbocycles. The van der Waals surface area contributed by atoms with Gasteiger partial charge in [-0.1, -0.05) is 29.8 Å². The number of hydrogen-bond acceptors (Lipinski definition) is 2. The molecule has 0 radical (unpaired) electrons. The molecule has 4 heteroatoms. The molecule has 1 rings (SSSR count). The summed E-state index contributed by atoms with van der Waals surface area (Å²) in [6.07, 6.45) is 0. The molecule has 13 heavy (non-hydrogen) atoms. The standard InChI is InChI=1S/C9H9ClO2S/c10-8(6-11)7-13(12)9-4-2-1-3-5-9/h1-5,7,11H,6H2/b8-7+. The maximum Gasteiger partial charge on any atom is 0.0794 e. The maximum absolute atomic E-state index is 11.5. The van der Waals surface area contributed by atoms with Crippen molar-refractivity contribution in [3.63, 3.8) is 0 Å². The third-order valence-electron chi connectivity index (χ3n) is 1.36. The Morgan fingerprint density at radius 1 is 1.46 bits per heavy atom. The van der Waals surface area contributed by atoms with E-state index < -0.39 is 10.8 Å². The van der Waals surface area contributed by atoms with Crippen molar-refractivity contribution in [2.45, 2.75) is 4.90 Å². The molecule has 0 fully saturated rings. The lowest BCUT2D eigenvalue weighted by molar-refractivity contribution is 0.339. The van der Waals surface area contributed by atoms with Crippen molar-refractivity contribution in [3.8, 4) is 0 Å². The SMILES string of the molecule is O=S(/C=C(/Cl)CO)c1ccccc1. The first-order chi connectivity index (χ1) is 6.24. The van der Waals surface area contributed by atoms with Gasteiger partial charge in [-0.15, -0.1) is 0 Å². The smallest absolute Gasteiger partial charge is 0.0794 e. The summed E-state index contributed by atoms with van der Waals surface area (Å²) in [5, 5.41) is 10.1. The summed E-state index contributed by atoms with van der Waals surface area (Å²) in [5.41, 5.74) is 0. The van der Waals surface area contributed by atoms with Gasteiger partial charge in [-0.3, -0.25) is 0 Å². The summed E-state index contributed by atoms with van der Waals surface area (Å²) >= 11 is 5.53. The third-order valence-corrected chi connectivity index (χ3v) is 2.95. The second-order valence-corrected chi connectivity index (χ2v) is 4.12. The van der Waals surface area contributed by atoms with Gasteiger partial charge in [-0.05, 0) is 12.1 Å². The fourth-order valence-corrected chi connectivity index (χ4v) is 1.89. The molecule has 0 amide bonds. The fourth-order valence-electron chi connectivity index (χ4n) is 0.776. The van der Waals surface area contributed by atoms with Crippen molar-refractivity contribution in [2.24, 2.45) is 0 Å².